The number of aromatic hydroxyl groups is 1. The lowest BCUT2D eigenvalue weighted by Crippen LogP contribution is -2.32. The number of anilines is 1. The highest BCUT2D eigenvalue weighted by Gasteiger charge is 2.28. The average molecular weight is 193 g/mol. The van der Waals surface area contributed by atoms with Crippen molar-refractivity contribution in [2.75, 3.05) is 5.73 Å². The molecule has 76 valence electrons. The Morgan fingerprint density at radius 3 is 2.86 bits per heavy atom. The molecule has 3 N–H and O–H groups in total. The van der Waals surface area contributed by atoms with Gasteiger partial charge in [0.1, 0.15) is 17.1 Å². The fraction of sp³-hybridized carbons (Fsp3) is 0.455. The van der Waals surface area contributed by atoms with Crippen LogP contribution in [0.25, 0.3) is 0 Å². The predicted octanol–water partition coefficient (Wildman–Crippen LogP) is 2.08. The summed E-state index contributed by atoms with van der Waals surface area (Å²) in [7, 11) is 0. The van der Waals surface area contributed by atoms with Crippen molar-refractivity contribution in [3.05, 3.63) is 17.7 Å². The zero-order valence-electron chi connectivity index (χ0n) is 8.50. The molecule has 0 bridgehead atoms. The normalized spacial score (nSPS) is 18.4. The van der Waals surface area contributed by atoms with Gasteiger partial charge >= 0.3 is 0 Å². The van der Waals surface area contributed by atoms with Gasteiger partial charge < -0.3 is 15.6 Å². The van der Waals surface area contributed by atoms with Gasteiger partial charge in [0.15, 0.2) is 0 Å². The maximum atomic E-state index is 9.36. The zero-order valence-corrected chi connectivity index (χ0v) is 8.50. The largest absolute Gasteiger partial charge is 0.508 e. The first-order valence-electron chi connectivity index (χ1n) is 4.78. The van der Waals surface area contributed by atoms with Crippen molar-refractivity contribution < 1.29 is 9.84 Å². The summed E-state index contributed by atoms with van der Waals surface area (Å²) in [4.78, 5) is 0. The second-order valence-corrected chi connectivity index (χ2v) is 4.38. The number of phenols is 1. The molecule has 0 saturated heterocycles. The van der Waals surface area contributed by atoms with Gasteiger partial charge in [0, 0.05) is 11.6 Å². The standard InChI is InChI=1S/C11H15NO2/c1-11(2)4-3-7-5-8(13)6-9(12)10(7)14-11/h5-6,13H,3-4,12H2,1-2H3. The lowest BCUT2D eigenvalue weighted by atomic mass is 9.94. The van der Waals surface area contributed by atoms with Crippen LogP contribution in [0.15, 0.2) is 12.1 Å². The molecule has 0 fully saturated rings. The number of nitrogen functional groups attached to an aromatic ring is 1. The highest BCUT2D eigenvalue weighted by molar-refractivity contribution is 5.61. The molecular weight excluding hydrogens is 178 g/mol. The fourth-order valence-electron chi connectivity index (χ4n) is 1.77. The van der Waals surface area contributed by atoms with E-state index in [-0.39, 0.29) is 11.4 Å². The lowest BCUT2D eigenvalue weighted by Gasteiger charge is -2.33. The third kappa shape index (κ3) is 1.50. The molecule has 3 heteroatoms. The highest BCUT2D eigenvalue weighted by atomic mass is 16.5. The SMILES string of the molecule is CC1(C)CCc2cc(O)cc(N)c2O1. The summed E-state index contributed by atoms with van der Waals surface area (Å²) in [5, 5.41) is 9.36. The molecule has 0 aliphatic carbocycles. The number of benzene rings is 1. The molecule has 1 aliphatic heterocycles. The number of nitrogens with two attached hydrogens (primary N) is 1. The van der Waals surface area contributed by atoms with Crippen LogP contribution in [0.2, 0.25) is 0 Å². The zero-order chi connectivity index (χ0) is 10.3. The van der Waals surface area contributed by atoms with Crippen molar-refractivity contribution in [1.82, 2.24) is 0 Å². The second kappa shape index (κ2) is 2.80. The number of rotatable bonds is 0. The van der Waals surface area contributed by atoms with E-state index in [1.54, 1.807) is 6.07 Å². The van der Waals surface area contributed by atoms with Crippen LogP contribution in [-0.2, 0) is 6.42 Å². The maximum Gasteiger partial charge on any atom is 0.146 e. The van der Waals surface area contributed by atoms with Gasteiger partial charge in [-0.3, -0.25) is 0 Å². The van der Waals surface area contributed by atoms with Crippen LogP contribution < -0.4 is 10.5 Å². The molecule has 1 heterocycles. The van der Waals surface area contributed by atoms with Crippen LogP contribution in [0.5, 0.6) is 11.5 Å². The van der Waals surface area contributed by atoms with Crippen molar-refractivity contribution >= 4 is 5.69 Å². The topological polar surface area (TPSA) is 55.5 Å². The Morgan fingerprint density at radius 1 is 1.43 bits per heavy atom. The van der Waals surface area contributed by atoms with Crippen LogP contribution >= 0.6 is 0 Å². The number of aryl methyl sites for hydroxylation is 1. The van der Waals surface area contributed by atoms with Crippen LogP contribution in [-0.4, -0.2) is 10.7 Å². The van der Waals surface area contributed by atoms with E-state index in [0.29, 0.717) is 5.69 Å². The summed E-state index contributed by atoms with van der Waals surface area (Å²) in [5.41, 5.74) is 7.15. The Labute approximate surface area is 83.5 Å². The molecule has 14 heavy (non-hydrogen) atoms. The van der Waals surface area contributed by atoms with E-state index in [1.807, 2.05) is 13.8 Å². The van der Waals surface area contributed by atoms with Gasteiger partial charge in [-0.15, -0.1) is 0 Å². The molecule has 0 unspecified atom stereocenters. The summed E-state index contributed by atoms with van der Waals surface area (Å²) < 4.78 is 5.77. The third-order valence-corrected chi connectivity index (χ3v) is 2.55. The van der Waals surface area contributed by atoms with Crippen LogP contribution in [0.1, 0.15) is 25.8 Å². The molecule has 0 aromatic heterocycles. The predicted molar refractivity (Wildman–Crippen MR) is 55.5 cm³/mol. The first-order chi connectivity index (χ1) is 6.48. The van der Waals surface area contributed by atoms with Crippen molar-refractivity contribution in [1.29, 1.82) is 0 Å². The molecule has 1 aliphatic rings. The smallest absolute Gasteiger partial charge is 0.146 e. The Hall–Kier alpha value is -1.38. The molecule has 0 spiro atoms. The molecule has 0 saturated carbocycles. The van der Waals surface area contributed by atoms with Crippen molar-refractivity contribution in [3.63, 3.8) is 0 Å². The van der Waals surface area contributed by atoms with Gasteiger partial charge in [-0.05, 0) is 32.8 Å². The number of phenolic OH excluding ortho intramolecular Hbond substituents is 1. The molecule has 0 radical (unpaired) electrons. The number of hydrogen-bond donors (Lipinski definition) is 2. The van der Waals surface area contributed by atoms with Crippen LogP contribution in [0.3, 0.4) is 0 Å². The summed E-state index contributed by atoms with van der Waals surface area (Å²) in [6.07, 6.45) is 1.85. The van der Waals surface area contributed by atoms with Gasteiger partial charge in [0.2, 0.25) is 0 Å². The first-order valence-corrected chi connectivity index (χ1v) is 4.78. The number of fused-ring (bicyclic) bond motifs is 1. The molecule has 2 rings (SSSR count). The lowest BCUT2D eigenvalue weighted by molar-refractivity contribution is 0.0855. The fourth-order valence-corrected chi connectivity index (χ4v) is 1.77. The molecular formula is C11H15NO2. The average Bonchev–Trinajstić information content (AvgIpc) is 2.06. The van der Waals surface area contributed by atoms with Gasteiger partial charge in [-0.2, -0.15) is 0 Å². The highest BCUT2D eigenvalue weighted by Crippen LogP contribution is 2.39. The van der Waals surface area contributed by atoms with E-state index in [1.165, 1.54) is 6.07 Å². The Morgan fingerprint density at radius 2 is 2.14 bits per heavy atom. The minimum atomic E-state index is -0.155. The van der Waals surface area contributed by atoms with Crippen molar-refractivity contribution in [3.8, 4) is 11.5 Å². The third-order valence-electron chi connectivity index (χ3n) is 2.55. The van der Waals surface area contributed by atoms with E-state index >= 15 is 0 Å². The number of ether oxygens (including phenoxy) is 1. The van der Waals surface area contributed by atoms with Crippen molar-refractivity contribution in [2.24, 2.45) is 0 Å². The van der Waals surface area contributed by atoms with E-state index < -0.39 is 0 Å². The Balaban J connectivity index is 2.47. The Kier molecular flexibility index (Phi) is 1.84. The Bertz CT molecular complexity index is 372. The van der Waals surface area contributed by atoms with Gasteiger partial charge in [-0.1, -0.05) is 0 Å². The molecule has 0 amide bonds. The summed E-state index contributed by atoms with van der Waals surface area (Å²) >= 11 is 0. The molecule has 3 nitrogen and oxygen atoms in total. The van der Waals surface area contributed by atoms with Gasteiger partial charge in [0.05, 0.1) is 5.69 Å². The monoisotopic (exact) mass is 193 g/mol. The molecule has 1 aromatic carbocycles. The van der Waals surface area contributed by atoms with E-state index in [4.69, 9.17) is 10.5 Å². The van der Waals surface area contributed by atoms with E-state index in [0.717, 1.165) is 24.2 Å². The quantitative estimate of drug-likeness (QED) is 0.620. The van der Waals surface area contributed by atoms with Gasteiger partial charge in [-0.25, -0.2) is 0 Å². The van der Waals surface area contributed by atoms with E-state index in [9.17, 15) is 5.11 Å². The second-order valence-electron chi connectivity index (χ2n) is 4.38. The maximum absolute atomic E-state index is 9.36. The van der Waals surface area contributed by atoms with Gasteiger partial charge in [0.25, 0.3) is 0 Å². The van der Waals surface area contributed by atoms with Crippen LogP contribution in [0, 0.1) is 0 Å². The number of hydrogen-bond acceptors (Lipinski definition) is 3. The van der Waals surface area contributed by atoms with Crippen molar-refractivity contribution in [2.45, 2.75) is 32.3 Å². The first kappa shape index (κ1) is 9.19. The molecule has 0 atom stereocenters. The van der Waals surface area contributed by atoms with Crippen LogP contribution in [0.4, 0.5) is 5.69 Å². The minimum absolute atomic E-state index is 0.155. The molecule has 1 aromatic rings. The minimum Gasteiger partial charge on any atom is -0.508 e. The summed E-state index contributed by atoms with van der Waals surface area (Å²) in [6.45, 7) is 4.09. The van der Waals surface area contributed by atoms with E-state index in [2.05, 4.69) is 0 Å². The summed E-state index contributed by atoms with van der Waals surface area (Å²) in [5.74, 6) is 0.948. The summed E-state index contributed by atoms with van der Waals surface area (Å²) in [6, 6.07) is 3.25.